The van der Waals surface area contributed by atoms with Gasteiger partial charge < -0.3 is 5.32 Å². The lowest BCUT2D eigenvalue weighted by Crippen LogP contribution is -2.15. The third-order valence-electron chi connectivity index (χ3n) is 4.81. The second kappa shape index (κ2) is 7.93. The van der Waals surface area contributed by atoms with E-state index in [1.54, 1.807) is 23.4 Å². The zero-order chi connectivity index (χ0) is 20.3. The highest BCUT2D eigenvalue weighted by molar-refractivity contribution is 6.30. The van der Waals surface area contributed by atoms with Crippen LogP contribution in [-0.4, -0.2) is 24.7 Å². The number of benzene rings is 2. The Hall–Kier alpha value is -3.77. The fourth-order valence-corrected chi connectivity index (χ4v) is 3.61. The number of hydrogen-bond donors (Lipinski definition) is 1. The van der Waals surface area contributed by atoms with Crippen LogP contribution in [-0.2, 0) is 0 Å². The second-order valence-electron chi connectivity index (χ2n) is 6.74. The van der Waals surface area contributed by atoms with E-state index in [1.165, 1.54) is 0 Å². The molecule has 6 nitrogen and oxygen atoms in total. The van der Waals surface area contributed by atoms with Crippen molar-refractivity contribution < 1.29 is 0 Å². The minimum atomic E-state index is -0.233. The Morgan fingerprint density at radius 3 is 2.53 bits per heavy atom. The summed E-state index contributed by atoms with van der Waals surface area (Å²) < 4.78 is 1.80. The summed E-state index contributed by atoms with van der Waals surface area (Å²) in [5.41, 5.74) is 3.52. The highest BCUT2D eigenvalue weighted by Gasteiger charge is 2.19. The maximum absolute atomic E-state index is 6.26. The van der Waals surface area contributed by atoms with Crippen molar-refractivity contribution in [2.45, 2.75) is 6.04 Å². The molecule has 0 saturated heterocycles. The number of rotatable bonds is 5. The largest absolute Gasteiger partial charge is 0.357 e. The summed E-state index contributed by atoms with van der Waals surface area (Å²) in [5.74, 6) is 0.679. The summed E-state index contributed by atoms with van der Waals surface area (Å²) in [5, 5.41) is 9.54. The van der Waals surface area contributed by atoms with Gasteiger partial charge in [-0.3, -0.25) is 4.98 Å². The van der Waals surface area contributed by atoms with Crippen LogP contribution in [0.1, 0.15) is 17.3 Å². The molecule has 1 N–H and O–H groups in total. The number of para-hydroxylation sites is 1. The van der Waals surface area contributed by atoms with Crippen LogP contribution in [0.3, 0.4) is 0 Å². The van der Waals surface area contributed by atoms with E-state index < -0.39 is 0 Å². The molecule has 0 amide bonds. The first-order valence-electron chi connectivity index (χ1n) is 9.47. The molecule has 0 bridgehead atoms. The topological polar surface area (TPSA) is 68.5 Å². The maximum atomic E-state index is 6.26. The van der Waals surface area contributed by atoms with Crippen molar-refractivity contribution in [3.8, 4) is 5.69 Å². The van der Waals surface area contributed by atoms with Gasteiger partial charge in [0.15, 0.2) is 5.65 Å². The SMILES string of the molecule is Clc1cccc(C(Nc2ncnc3c2cnn3-c2ccccc2)c2ccccn2)c1. The summed E-state index contributed by atoms with van der Waals surface area (Å²) in [6.07, 6.45) is 5.09. The van der Waals surface area contributed by atoms with Gasteiger partial charge in [0.2, 0.25) is 0 Å². The maximum Gasteiger partial charge on any atom is 0.168 e. The van der Waals surface area contributed by atoms with Gasteiger partial charge in [-0.1, -0.05) is 48.0 Å². The highest BCUT2D eigenvalue weighted by Crippen LogP contribution is 2.29. The lowest BCUT2D eigenvalue weighted by Gasteiger charge is -2.20. The fraction of sp³-hybridized carbons (Fsp3) is 0.0435. The zero-order valence-electron chi connectivity index (χ0n) is 15.9. The summed E-state index contributed by atoms with van der Waals surface area (Å²) >= 11 is 6.26. The molecule has 7 heteroatoms. The Morgan fingerprint density at radius 2 is 1.73 bits per heavy atom. The first kappa shape index (κ1) is 18.3. The van der Waals surface area contributed by atoms with Crippen LogP contribution >= 0.6 is 11.6 Å². The van der Waals surface area contributed by atoms with Crippen molar-refractivity contribution in [3.63, 3.8) is 0 Å². The molecule has 5 aromatic rings. The average Bonchev–Trinajstić information content (AvgIpc) is 3.24. The number of hydrogen-bond acceptors (Lipinski definition) is 5. The molecule has 0 saturated carbocycles. The minimum absolute atomic E-state index is 0.233. The first-order valence-corrected chi connectivity index (χ1v) is 9.84. The van der Waals surface area contributed by atoms with Crippen LogP contribution < -0.4 is 5.32 Å². The van der Waals surface area contributed by atoms with Crippen LogP contribution in [0.2, 0.25) is 5.02 Å². The van der Waals surface area contributed by atoms with Gasteiger partial charge >= 0.3 is 0 Å². The van der Waals surface area contributed by atoms with Gasteiger partial charge in [0.1, 0.15) is 12.1 Å². The van der Waals surface area contributed by atoms with Gasteiger partial charge in [-0.05, 0) is 42.0 Å². The molecule has 1 unspecified atom stereocenters. The molecular formula is C23H17ClN6. The molecule has 3 aromatic heterocycles. The number of nitrogens with zero attached hydrogens (tertiary/aromatic N) is 5. The minimum Gasteiger partial charge on any atom is -0.357 e. The predicted molar refractivity (Wildman–Crippen MR) is 118 cm³/mol. The van der Waals surface area contributed by atoms with E-state index in [4.69, 9.17) is 11.6 Å². The number of pyridine rings is 1. The number of halogens is 1. The second-order valence-corrected chi connectivity index (χ2v) is 7.17. The summed E-state index contributed by atoms with van der Waals surface area (Å²) in [6.45, 7) is 0. The zero-order valence-corrected chi connectivity index (χ0v) is 16.6. The van der Waals surface area contributed by atoms with Crippen molar-refractivity contribution in [3.05, 3.63) is 108 Å². The van der Waals surface area contributed by atoms with E-state index in [-0.39, 0.29) is 6.04 Å². The molecule has 5 rings (SSSR count). The quantitative estimate of drug-likeness (QED) is 0.436. The first-order chi connectivity index (χ1) is 14.8. The molecule has 146 valence electrons. The number of anilines is 1. The normalized spacial score (nSPS) is 12.0. The van der Waals surface area contributed by atoms with Crippen LogP contribution in [0.25, 0.3) is 16.7 Å². The molecular weight excluding hydrogens is 396 g/mol. The number of nitrogens with one attached hydrogen (secondary N) is 1. The summed E-state index contributed by atoms with van der Waals surface area (Å²) in [7, 11) is 0. The Kier molecular flexibility index (Phi) is 4.83. The van der Waals surface area contributed by atoms with Gasteiger partial charge in [-0.25, -0.2) is 14.6 Å². The van der Waals surface area contributed by atoms with Gasteiger partial charge in [-0.2, -0.15) is 5.10 Å². The fourth-order valence-electron chi connectivity index (χ4n) is 3.41. The van der Waals surface area contributed by atoms with Gasteiger partial charge in [0.05, 0.1) is 29.0 Å². The Balaban J connectivity index is 1.59. The van der Waals surface area contributed by atoms with Crippen LogP contribution in [0.5, 0.6) is 0 Å². The summed E-state index contributed by atoms with van der Waals surface area (Å²) in [4.78, 5) is 13.5. The molecule has 0 aliphatic rings. The van der Waals surface area contributed by atoms with Crippen molar-refractivity contribution in [1.29, 1.82) is 0 Å². The van der Waals surface area contributed by atoms with Crippen LogP contribution in [0.15, 0.2) is 91.5 Å². The van der Waals surface area contributed by atoms with Crippen LogP contribution in [0, 0.1) is 0 Å². The Labute approximate surface area is 178 Å². The van der Waals surface area contributed by atoms with Crippen LogP contribution in [0.4, 0.5) is 5.82 Å². The van der Waals surface area contributed by atoms with Crippen molar-refractivity contribution >= 4 is 28.5 Å². The average molecular weight is 413 g/mol. The third kappa shape index (κ3) is 3.49. The molecule has 3 heterocycles. The van der Waals surface area contributed by atoms with E-state index in [1.807, 2.05) is 72.8 Å². The standard InChI is InChI=1S/C23H17ClN6/c24-17-8-6-7-16(13-17)21(20-11-4-5-12-25-20)29-22-19-14-28-30(23(19)27-15-26-22)18-9-2-1-3-10-18/h1-15,21H,(H,26,27,29). The van der Waals surface area contributed by atoms with Crippen molar-refractivity contribution in [1.82, 2.24) is 24.7 Å². The molecule has 30 heavy (non-hydrogen) atoms. The molecule has 0 spiro atoms. The third-order valence-corrected chi connectivity index (χ3v) is 5.05. The smallest absolute Gasteiger partial charge is 0.168 e. The van der Waals surface area contributed by atoms with E-state index in [0.717, 1.165) is 28.0 Å². The Bertz CT molecular complexity index is 1290. The molecule has 1 atom stereocenters. The van der Waals surface area contributed by atoms with Crippen molar-refractivity contribution in [2.24, 2.45) is 0 Å². The lowest BCUT2D eigenvalue weighted by molar-refractivity contribution is 0.877. The van der Waals surface area contributed by atoms with Gasteiger partial charge in [-0.15, -0.1) is 0 Å². The van der Waals surface area contributed by atoms with Gasteiger partial charge in [0.25, 0.3) is 0 Å². The monoisotopic (exact) mass is 412 g/mol. The molecule has 0 radical (unpaired) electrons. The van der Waals surface area contributed by atoms with E-state index in [0.29, 0.717) is 10.8 Å². The molecule has 0 aliphatic heterocycles. The van der Waals surface area contributed by atoms with Crippen molar-refractivity contribution in [2.75, 3.05) is 5.32 Å². The van der Waals surface area contributed by atoms with E-state index in [9.17, 15) is 0 Å². The molecule has 2 aromatic carbocycles. The van der Waals surface area contributed by atoms with E-state index >= 15 is 0 Å². The lowest BCUT2D eigenvalue weighted by atomic mass is 10.0. The molecule has 0 fully saturated rings. The number of aromatic nitrogens is 5. The molecule has 0 aliphatic carbocycles. The van der Waals surface area contributed by atoms with Gasteiger partial charge in [0, 0.05) is 11.2 Å². The predicted octanol–water partition coefficient (Wildman–Crippen LogP) is 5.07. The summed E-state index contributed by atoms with van der Waals surface area (Å²) in [6, 6.07) is 23.2. The van der Waals surface area contributed by atoms with E-state index in [2.05, 4.69) is 25.4 Å². The highest BCUT2D eigenvalue weighted by atomic mass is 35.5. The Morgan fingerprint density at radius 1 is 0.867 bits per heavy atom. The number of fused-ring (bicyclic) bond motifs is 1.